The van der Waals surface area contributed by atoms with Crippen molar-refractivity contribution in [3.63, 3.8) is 0 Å². The van der Waals surface area contributed by atoms with Gasteiger partial charge in [0.2, 0.25) is 11.8 Å². The summed E-state index contributed by atoms with van der Waals surface area (Å²) in [5, 5.41) is 6.53. The summed E-state index contributed by atoms with van der Waals surface area (Å²) in [6.07, 6.45) is 0.599. The molecular weight excluding hydrogens is 444 g/mol. The zero-order valence-electron chi connectivity index (χ0n) is 19.4. The van der Waals surface area contributed by atoms with Crippen LogP contribution in [-0.2, 0) is 14.4 Å². The van der Waals surface area contributed by atoms with Gasteiger partial charge in [-0.1, -0.05) is 35.5 Å². The fourth-order valence-corrected chi connectivity index (χ4v) is 6.93. The average molecular weight is 469 g/mol. The molecule has 3 fully saturated rings. The minimum atomic E-state index is -0.354. The molecule has 2 aliphatic heterocycles. The highest BCUT2D eigenvalue weighted by Gasteiger charge is 2.70. The molecule has 0 N–H and O–H groups in total. The molecular formula is C28H24N2O5. The van der Waals surface area contributed by atoms with E-state index in [0.29, 0.717) is 17.2 Å². The molecule has 2 bridgehead atoms. The summed E-state index contributed by atoms with van der Waals surface area (Å²) in [6, 6.07) is 19.3. The number of carbonyl (C=O) groups is 2. The van der Waals surface area contributed by atoms with Crippen molar-refractivity contribution < 1.29 is 23.9 Å². The predicted octanol–water partition coefficient (Wildman–Crippen LogP) is 4.03. The minimum Gasteiger partial charge on any atom is -0.497 e. The van der Waals surface area contributed by atoms with Crippen molar-refractivity contribution in [2.45, 2.75) is 12.5 Å². The van der Waals surface area contributed by atoms with E-state index in [1.54, 1.807) is 14.2 Å². The lowest BCUT2D eigenvalue weighted by molar-refractivity contribution is -0.125. The largest absolute Gasteiger partial charge is 0.497 e. The second-order valence-electron chi connectivity index (χ2n) is 9.80. The maximum atomic E-state index is 13.7. The second kappa shape index (κ2) is 7.31. The van der Waals surface area contributed by atoms with Crippen LogP contribution in [0.3, 0.4) is 0 Å². The van der Waals surface area contributed by atoms with Gasteiger partial charge in [0.25, 0.3) is 0 Å². The summed E-state index contributed by atoms with van der Waals surface area (Å²) in [5.74, 6) is 0.359. The molecule has 2 aliphatic carbocycles. The Balaban J connectivity index is 1.24. The van der Waals surface area contributed by atoms with Crippen molar-refractivity contribution in [3.8, 4) is 11.5 Å². The molecule has 0 unspecified atom stereocenters. The topological polar surface area (TPSA) is 77.4 Å². The van der Waals surface area contributed by atoms with Crippen LogP contribution in [0.1, 0.15) is 12.0 Å². The van der Waals surface area contributed by atoms with Crippen LogP contribution in [0.25, 0.3) is 10.8 Å². The number of nitrogens with zero attached hydrogens (tertiary/aromatic N) is 2. The Labute approximate surface area is 202 Å². The molecule has 0 radical (unpaired) electrons. The molecule has 176 valence electrons. The Bertz CT molecular complexity index is 1430. The number of rotatable bonds is 4. The van der Waals surface area contributed by atoms with Crippen LogP contribution >= 0.6 is 0 Å². The highest BCUT2D eigenvalue weighted by atomic mass is 16.6. The molecule has 0 spiro atoms. The van der Waals surface area contributed by atoms with E-state index in [4.69, 9.17) is 14.3 Å². The number of hydrogen-bond donors (Lipinski definition) is 0. The monoisotopic (exact) mass is 468 g/mol. The van der Waals surface area contributed by atoms with E-state index in [9.17, 15) is 9.59 Å². The number of hydrogen-bond acceptors (Lipinski definition) is 6. The maximum Gasteiger partial charge on any atom is 0.238 e. The highest BCUT2D eigenvalue weighted by Crippen LogP contribution is 2.62. The van der Waals surface area contributed by atoms with Gasteiger partial charge in [-0.15, -0.1) is 0 Å². The lowest BCUT2D eigenvalue weighted by atomic mass is 9.71. The van der Waals surface area contributed by atoms with Gasteiger partial charge in [0, 0.05) is 23.5 Å². The van der Waals surface area contributed by atoms with Gasteiger partial charge >= 0.3 is 0 Å². The molecule has 4 aliphatic rings. The van der Waals surface area contributed by atoms with Crippen molar-refractivity contribution >= 4 is 34.0 Å². The Hall–Kier alpha value is -3.87. The van der Waals surface area contributed by atoms with Gasteiger partial charge in [0.15, 0.2) is 0 Å². The van der Waals surface area contributed by atoms with Gasteiger partial charge in [-0.3, -0.25) is 14.5 Å². The number of oxime groups is 1. The van der Waals surface area contributed by atoms with E-state index in [-0.39, 0.29) is 47.5 Å². The fraction of sp³-hybridized carbons (Fsp3) is 0.321. The molecule has 3 aromatic carbocycles. The minimum absolute atomic E-state index is 0.00460. The SMILES string of the molecule is COc1ccc(C2=NO[C@@H]3[C@@H]4C[C@@H]([C@@H]23)[C@H]2C(=O)N(c3ccc5ccccc5c3)C(=O)[C@H]42)c(OC)c1. The maximum absolute atomic E-state index is 13.7. The first-order valence-corrected chi connectivity index (χ1v) is 11.9. The molecule has 2 amide bonds. The molecule has 6 atom stereocenters. The number of amides is 2. The predicted molar refractivity (Wildman–Crippen MR) is 129 cm³/mol. The van der Waals surface area contributed by atoms with Crippen molar-refractivity contribution in [2.24, 2.45) is 34.7 Å². The summed E-state index contributed by atoms with van der Waals surface area (Å²) < 4.78 is 11.0. The Morgan fingerprint density at radius 2 is 1.63 bits per heavy atom. The molecule has 1 saturated heterocycles. The highest BCUT2D eigenvalue weighted by molar-refractivity contribution is 6.23. The zero-order valence-corrected chi connectivity index (χ0v) is 19.4. The lowest BCUT2D eigenvalue weighted by Gasteiger charge is -2.30. The van der Waals surface area contributed by atoms with Crippen LogP contribution in [0.5, 0.6) is 11.5 Å². The molecule has 0 aromatic heterocycles. The Morgan fingerprint density at radius 3 is 2.40 bits per heavy atom. The first kappa shape index (κ1) is 20.5. The number of carbonyl (C=O) groups excluding carboxylic acids is 2. The fourth-order valence-electron chi connectivity index (χ4n) is 6.93. The number of ether oxygens (including phenoxy) is 2. The summed E-state index contributed by atoms with van der Waals surface area (Å²) in [5.41, 5.74) is 2.28. The van der Waals surface area contributed by atoms with E-state index in [1.165, 1.54) is 4.90 Å². The summed E-state index contributed by atoms with van der Waals surface area (Å²) in [7, 11) is 3.23. The van der Waals surface area contributed by atoms with Crippen molar-refractivity contribution in [2.75, 3.05) is 19.1 Å². The van der Waals surface area contributed by atoms with E-state index in [1.807, 2.05) is 60.7 Å². The summed E-state index contributed by atoms with van der Waals surface area (Å²) in [6.45, 7) is 0. The first-order valence-electron chi connectivity index (χ1n) is 11.9. The zero-order chi connectivity index (χ0) is 23.8. The molecule has 3 aromatic rings. The smallest absolute Gasteiger partial charge is 0.238 e. The lowest BCUT2D eigenvalue weighted by Crippen LogP contribution is -2.41. The number of methoxy groups -OCH3 is 2. The molecule has 35 heavy (non-hydrogen) atoms. The van der Waals surface area contributed by atoms with Crippen LogP contribution in [0.2, 0.25) is 0 Å². The van der Waals surface area contributed by atoms with Crippen LogP contribution in [0.15, 0.2) is 65.8 Å². The van der Waals surface area contributed by atoms with Crippen molar-refractivity contribution in [1.82, 2.24) is 0 Å². The van der Waals surface area contributed by atoms with E-state index in [2.05, 4.69) is 5.16 Å². The van der Waals surface area contributed by atoms with Crippen LogP contribution < -0.4 is 14.4 Å². The van der Waals surface area contributed by atoms with E-state index < -0.39 is 0 Å². The number of benzene rings is 3. The van der Waals surface area contributed by atoms with Crippen LogP contribution in [-0.4, -0.2) is 37.8 Å². The Kier molecular flexibility index (Phi) is 4.28. The number of fused-ring (bicyclic) bond motifs is 9. The third-order valence-electron chi connectivity index (χ3n) is 8.37. The van der Waals surface area contributed by atoms with E-state index in [0.717, 1.165) is 28.5 Å². The van der Waals surface area contributed by atoms with Gasteiger partial charge in [-0.05, 0) is 47.4 Å². The van der Waals surface area contributed by atoms with Gasteiger partial charge in [-0.25, -0.2) is 0 Å². The van der Waals surface area contributed by atoms with Crippen LogP contribution in [0, 0.1) is 29.6 Å². The first-order chi connectivity index (χ1) is 17.1. The number of anilines is 1. The molecule has 7 heteroatoms. The molecule has 2 heterocycles. The quantitative estimate of drug-likeness (QED) is 0.541. The average Bonchev–Trinajstić information content (AvgIpc) is 3.63. The van der Waals surface area contributed by atoms with Gasteiger partial charge in [-0.2, -0.15) is 0 Å². The number of imide groups is 1. The summed E-state index contributed by atoms with van der Waals surface area (Å²) >= 11 is 0. The normalized spacial score (nSPS) is 30.3. The van der Waals surface area contributed by atoms with Gasteiger partial charge in [0.05, 0.1) is 37.5 Å². The Morgan fingerprint density at radius 1 is 0.857 bits per heavy atom. The summed E-state index contributed by atoms with van der Waals surface area (Å²) in [4.78, 5) is 34.7. The molecule has 7 nitrogen and oxygen atoms in total. The third-order valence-corrected chi connectivity index (χ3v) is 8.37. The van der Waals surface area contributed by atoms with Crippen LogP contribution in [0.4, 0.5) is 5.69 Å². The third kappa shape index (κ3) is 2.69. The molecule has 2 saturated carbocycles. The van der Waals surface area contributed by atoms with Gasteiger partial charge < -0.3 is 14.3 Å². The standard InChI is InChI=1S/C28H24N2O5/c1-33-17-9-10-18(21(12-17)34-2)25-24-19-13-20(26(24)35-29-25)23-22(19)27(31)30(28(23)32)16-8-7-14-5-3-4-6-15(14)11-16/h3-12,19-20,22-24,26H,13H2,1-2H3/t19-,20-,22-,23-,24+,26-/m1/s1. The van der Waals surface area contributed by atoms with Gasteiger partial charge in [0.1, 0.15) is 17.6 Å². The molecule has 7 rings (SSSR count). The van der Waals surface area contributed by atoms with Crippen molar-refractivity contribution in [1.29, 1.82) is 0 Å². The second-order valence-corrected chi connectivity index (χ2v) is 9.80. The van der Waals surface area contributed by atoms with Crippen molar-refractivity contribution in [3.05, 3.63) is 66.2 Å². The van der Waals surface area contributed by atoms with E-state index >= 15 is 0 Å².